The highest BCUT2D eigenvalue weighted by atomic mass is 19.2. The smallest absolute Gasteiger partial charge is 0.303 e. The zero-order valence-corrected chi connectivity index (χ0v) is 10.7. The molecular formula is C15H18F2O2. The SMILES string of the molecule is O=C(O)CCC1CCC(c2ccc(F)c(F)c2)CC1. The second-order valence-electron chi connectivity index (χ2n) is 5.32. The van der Waals surface area contributed by atoms with E-state index in [0.717, 1.165) is 37.7 Å². The van der Waals surface area contributed by atoms with Crippen LogP contribution in [-0.2, 0) is 4.79 Å². The number of carboxylic acid groups (broad SMARTS) is 1. The topological polar surface area (TPSA) is 37.3 Å². The van der Waals surface area contributed by atoms with Crippen molar-refractivity contribution < 1.29 is 18.7 Å². The van der Waals surface area contributed by atoms with Gasteiger partial charge < -0.3 is 5.11 Å². The van der Waals surface area contributed by atoms with Crippen LogP contribution in [0.1, 0.15) is 50.0 Å². The molecule has 2 rings (SSSR count). The number of hydrogen-bond acceptors (Lipinski definition) is 1. The molecule has 0 radical (unpaired) electrons. The molecule has 4 heteroatoms. The number of halogens is 2. The number of carboxylic acids is 1. The van der Waals surface area contributed by atoms with Gasteiger partial charge in [0, 0.05) is 6.42 Å². The maximum Gasteiger partial charge on any atom is 0.303 e. The molecule has 0 aliphatic heterocycles. The van der Waals surface area contributed by atoms with Gasteiger partial charge in [0.15, 0.2) is 11.6 Å². The lowest BCUT2D eigenvalue weighted by Crippen LogP contribution is -2.14. The molecule has 1 fully saturated rings. The summed E-state index contributed by atoms with van der Waals surface area (Å²) in [5, 5.41) is 8.65. The summed E-state index contributed by atoms with van der Waals surface area (Å²) in [4.78, 5) is 10.5. The quantitative estimate of drug-likeness (QED) is 0.892. The monoisotopic (exact) mass is 268 g/mol. The van der Waals surface area contributed by atoms with Crippen molar-refractivity contribution in [1.29, 1.82) is 0 Å². The van der Waals surface area contributed by atoms with Crippen LogP contribution in [0, 0.1) is 17.6 Å². The van der Waals surface area contributed by atoms with E-state index in [1.54, 1.807) is 6.07 Å². The predicted octanol–water partition coefficient (Wildman–Crippen LogP) is 4.10. The van der Waals surface area contributed by atoms with Gasteiger partial charge in [-0.05, 0) is 61.6 Å². The zero-order valence-electron chi connectivity index (χ0n) is 10.7. The minimum Gasteiger partial charge on any atom is -0.481 e. The Hall–Kier alpha value is -1.45. The van der Waals surface area contributed by atoms with Crippen LogP contribution >= 0.6 is 0 Å². The van der Waals surface area contributed by atoms with Crippen molar-refractivity contribution in [3.05, 3.63) is 35.4 Å². The van der Waals surface area contributed by atoms with E-state index >= 15 is 0 Å². The second-order valence-corrected chi connectivity index (χ2v) is 5.32. The van der Waals surface area contributed by atoms with E-state index in [-0.39, 0.29) is 12.3 Å². The first kappa shape index (κ1) is 14.0. The maximum atomic E-state index is 13.2. The van der Waals surface area contributed by atoms with Crippen LogP contribution < -0.4 is 0 Å². The molecule has 1 aromatic carbocycles. The summed E-state index contributed by atoms with van der Waals surface area (Å²) >= 11 is 0. The van der Waals surface area contributed by atoms with Crippen molar-refractivity contribution in [2.75, 3.05) is 0 Å². The van der Waals surface area contributed by atoms with Gasteiger partial charge in [0.25, 0.3) is 0 Å². The molecule has 19 heavy (non-hydrogen) atoms. The standard InChI is InChI=1S/C15H18F2O2/c16-13-7-6-12(9-14(13)17)11-4-1-10(2-5-11)3-8-15(18)19/h6-7,9-11H,1-5,8H2,(H,18,19). The normalized spacial score (nSPS) is 23.3. The highest BCUT2D eigenvalue weighted by Crippen LogP contribution is 2.37. The molecule has 104 valence electrons. The van der Waals surface area contributed by atoms with Crippen molar-refractivity contribution >= 4 is 5.97 Å². The molecule has 0 aromatic heterocycles. The van der Waals surface area contributed by atoms with Crippen molar-refractivity contribution in [1.82, 2.24) is 0 Å². The molecule has 0 bridgehead atoms. The summed E-state index contributed by atoms with van der Waals surface area (Å²) in [7, 11) is 0. The lowest BCUT2D eigenvalue weighted by Gasteiger charge is -2.28. The van der Waals surface area contributed by atoms with Gasteiger partial charge in [0.2, 0.25) is 0 Å². The Balaban J connectivity index is 1.88. The first-order valence-corrected chi connectivity index (χ1v) is 6.73. The second kappa shape index (κ2) is 6.13. The molecule has 0 saturated heterocycles. The fourth-order valence-corrected chi connectivity index (χ4v) is 2.88. The summed E-state index contributed by atoms with van der Waals surface area (Å²) in [6.45, 7) is 0. The minimum atomic E-state index is -0.807. The minimum absolute atomic E-state index is 0.223. The van der Waals surface area contributed by atoms with Gasteiger partial charge in [-0.25, -0.2) is 8.78 Å². The van der Waals surface area contributed by atoms with E-state index in [1.165, 1.54) is 12.1 Å². The Morgan fingerprint density at radius 2 is 1.84 bits per heavy atom. The Morgan fingerprint density at radius 1 is 1.16 bits per heavy atom. The molecule has 1 N–H and O–H groups in total. The van der Waals surface area contributed by atoms with Crippen molar-refractivity contribution in [2.24, 2.45) is 5.92 Å². The van der Waals surface area contributed by atoms with E-state index in [9.17, 15) is 13.6 Å². The molecule has 0 unspecified atom stereocenters. The summed E-state index contributed by atoms with van der Waals surface area (Å²) in [6, 6.07) is 4.12. The number of carbonyl (C=O) groups is 1. The highest BCUT2D eigenvalue weighted by molar-refractivity contribution is 5.66. The number of hydrogen-bond donors (Lipinski definition) is 1. The van der Waals surface area contributed by atoms with E-state index in [0.29, 0.717) is 5.92 Å². The van der Waals surface area contributed by atoms with Crippen LogP contribution in [0.3, 0.4) is 0 Å². The van der Waals surface area contributed by atoms with Gasteiger partial charge in [0.05, 0.1) is 0 Å². The summed E-state index contributed by atoms with van der Waals surface area (Å²) < 4.78 is 26.1. The van der Waals surface area contributed by atoms with E-state index in [1.807, 2.05) is 0 Å². The summed E-state index contributed by atoms with van der Waals surface area (Å²) in [6.07, 6.45) is 4.74. The fourth-order valence-electron chi connectivity index (χ4n) is 2.88. The highest BCUT2D eigenvalue weighted by Gasteiger charge is 2.23. The fraction of sp³-hybridized carbons (Fsp3) is 0.533. The van der Waals surface area contributed by atoms with Crippen molar-refractivity contribution in [3.63, 3.8) is 0 Å². The van der Waals surface area contributed by atoms with E-state index in [2.05, 4.69) is 0 Å². The molecule has 0 amide bonds. The van der Waals surface area contributed by atoms with Gasteiger partial charge >= 0.3 is 5.97 Å². The molecule has 1 aliphatic carbocycles. The number of aliphatic carboxylic acids is 1. The van der Waals surface area contributed by atoms with Crippen molar-refractivity contribution in [3.8, 4) is 0 Å². The average molecular weight is 268 g/mol. The Morgan fingerprint density at radius 3 is 2.42 bits per heavy atom. The first-order chi connectivity index (χ1) is 9.06. The molecule has 1 aliphatic rings. The van der Waals surface area contributed by atoms with Crippen LogP contribution in [0.2, 0.25) is 0 Å². The third-order valence-electron chi connectivity index (χ3n) is 4.03. The largest absolute Gasteiger partial charge is 0.481 e. The van der Waals surface area contributed by atoms with Gasteiger partial charge in [0.1, 0.15) is 0 Å². The Kier molecular flexibility index (Phi) is 4.51. The molecular weight excluding hydrogens is 250 g/mol. The summed E-state index contributed by atoms with van der Waals surface area (Å²) in [5.41, 5.74) is 0.857. The van der Waals surface area contributed by atoms with Gasteiger partial charge in [-0.2, -0.15) is 0 Å². The van der Waals surface area contributed by atoms with Crippen molar-refractivity contribution in [2.45, 2.75) is 44.4 Å². The predicted molar refractivity (Wildman–Crippen MR) is 67.9 cm³/mol. The molecule has 0 heterocycles. The van der Waals surface area contributed by atoms with Crippen LogP contribution in [0.5, 0.6) is 0 Å². The molecule has 1 saturated carbocycles. The maximum absolute atomic E-state index is 13.2. The molecule has 2 nitrogen and oxygen atoms in total. The molecule has 1 aromatic rings. The van der Waals surface area contributed by atoms with Crippen LogP contribution in [0.25, 0.3) is 0 Å². The molecule has 0 spiro atoms. The zero-order chi connectivity index (χ0) is 13.8. The van der Waals surface area contributed by atoms with Crippen LogP contribution in [0.15, 0.2) is 18.2 Å². The van der Waals surface area contributed by atoms with Crippen LogP contribution in [0.4, 0.5) is 8.78 Å². The van der Waals surface area contributed by atoms with E-state index in [4.69, 9.17) is 5.11 Å². The van der Waals surface area contributed by atoms with Gasteiger partial charge in [-0.15, -0.1) is 0 Å². The lowest BCUT2D eigenvalue weighted by molar-refractivity contribution is -0.137. The number of benzene rings is 1. The first-order valence-electron chi connectivity index (χ1n) is 6.73. The van der Waals surface area contributed by atoms with E-state index < -0.39 is 17.6 Å². The number of rotatable bonds is 4. The Bertz CT molecular complexity index is 451. The Labute approximate surface area is 111 Å². The summed E-state index contributed by atoms with van der Waals surface area (Å²) in [5.74, 6) is -1.61. The average Bonchev–Trinajstić information content (AvgIpc) is 2.40. The van der Waals surface area contributed by atoms with Gasteiger partial charge in [-0.1, -0.05) is 6.07 Å². The van der Waals surface area contributed by atoms with Gasteiger partial charge in [-0.3, -0.25) is 4.79 Å². The third kappa shape index (κ3) is 3.75. The van der Waals surface area contributed by atoms with Crippen LogP contribution in [-0.4, -0.2) is 11.1 Å². The third-order valence-corrected chi connectivity index (χ3v) is 4.03. The molecule has 0 atom stereocenters. The lowest BCUT2D eigenvalue weighted by atomic mass is 9.77.